The monoisotopic (exact) mass is 718 g/mol. The number of nitrogens with one attached hydrogen (secondary N) is 1. The lowest BCUT2D eigenvalue weighted by Gasteiger charge is -2.26. The summed E-state index contributed by atoms with van der Waals surface area (Å²) >= 11 is 29.1. The minimum absolute atomic E-state index is 0.156. The third-order valence-corrected chi connectivity index (χ3v) is 8.43. The molecule has 4 heterocycles. The summed E-state index contributed by atoms with van der Waals surface area (Å²) in [6.07, 6.45) is 3.46. The van der Waals surface area contributed by atoms with Gasteiger partial charge in [0, 0.05) is 69.7 Å². The fraction of sp³-hybridized carbons (Fsp3) is 0.400. The van der Waals surface area contributed by atoms with Gasteiger partial charge >= 0.3 is 0 Å². The van der Waals surface area contributed by atoms with Gasteiger partial charge in [-0.15, -0.1) is 16.7 Å². The number of hydrogen-bond donors (Lipinski definition) is 1. The highest BCUT2D eigenvalue weighted by molar-refractivity contribution is 6.42. The van der Waals surface area contributed by atoms with Crippen molar-refractivity contribution in [1.82, 2.24) is 29.4 Å². The van der Waals surface area contributed by atoms with E-state index in [9.17, 15) is 4.79 Å². The van der Waals surface area contributed by atoms with Gasteiger partial charge in [-0.1, -0.05) is 46.4 Å². The minimum Gasteiger partial charge on any atom is -0.475 e. The Hall–Kier alpha value is -2.25. The van der Waals surface area contributed by atoms with Crippen LogP contribution in [-0.4, -0.2) is 108 Å². The van der Waals surface area contributed by atoms with Crippen LogP contribution in [0.5, 0.6) is 5.88 Å². The molecule has 2 aliphatic rings. The molecule has 0 atom stereocenters. The molecule has 15 heteroatoms. The molecule has 0 saturated carbocycles. The number of benzene rings is 2. The molecule has 6 rings (SSSR count). The number of rotatable bonds is 8. The number of halogens is 5. The zero-order chi connectivity index (χ0) is 32.0. The molecule has 4 aromatic rings. The van der Waals surface area contributed by atoms with Crippen molar-refractivity contribution in [2.75, 3.05) is 78.2 Å². The second-order valence-electron chi connectivity index (χ2n) is 9.90. The molecule has 2 aliphatic heterocycles. The fourth-order valence-corrected chi connectivity index (χ4v) is 5.15. The first-order valence-electron chi connectivity index (χ1n) is 14.4. The summed E-state index contributed by atoms with van der Waals surface area (Å²) in [4.78, 5) is 15.5. The Morgan fingerprint density at radius 3 is 1.87 bits per heavy atom. The van der Waals surface area contributed by atoms with E-state index in [-0.39, 0.29) is 5.56 Å². The number of aromatic amines is 1. The van der Waals surface area contributed by atoms with Crippen molar-refractivity contribution in [2.45, 2.75) is 0 Å². The summed E-state index contributed by atoms with van der Waals surface area (Å²) in [6, 6.07) is 13.8. The number of ether oxygens (including phenoxy) is 3. The third-order valence-electron chi connectivity index (χ3n) is 6.78. The Kier molecular flexibility index (Phi) is 14.9. The Balaban J connectivity index is 0.000000171. The lowest BCUT2D eigenvalue weighted by atomic mass is 10.3. The standard InChI is InChI=1S/C15H17Cl2N3O2.C9H6Cl2N2O.C6H12ClNO/c16-13-2-1-12(11-14(13)17)20-4-3-15(18-20)22-10-7-19-5-8-21-9-6-19;10-7-2-1-6(5-8(7)11)13-4-3-9(14)12-13;7-1-2-8-3-5-9-6-4-8/h1-4,11H,5-10H2;1-5H,(H,12,14);1-6H2. The molecule has 0 amide bonds. The van der Waals surface area contributed by atoms with E-state index in [2.05, 4.69) is 20.0 Å². The molecule has 10 nitrogen and oxygen atoms in total. The molecule has 1 N–H and O–H groups in total. The average molecular weight is 721 g/mol. The highest BCUT2D eigenvalue weighted by Crippen LogP contribution is 2.25. The summed E-state index contributed by atoms with van der Waals surface area (Å²) in [5.41, 5.74) is 1.45. The molecule has 2 fully saturated rings. The summed E-state index contributed by atoms with van der Waals surface area (Å²) in [5, 5.41) is 8.96. The summed E-state index contributed by atoms with van der Waals surface area (Å²) in [5.74, 6) is 1.33. The van der Waals surface area contributed by atoms with E-state index in [0.717, 1.165) is 83.0 Å². The Morgan fingerprint density at radius 2 is 1.31 bits per heavy atom. The van der Waals surface area contributed by atoms with Gasteiger partial charge in [-0.25, -0.2) is 4.68 Å². The third kappa shape index (κ3) is 11.8. The van der Waals surface area contributed by atoms with Gasteiger partial charge in [0.15, 0.2) is 0 Å². The van der Waals surface area contributed by atoms with Crippen molar-refractivity contribution >= 4 is 58.0 Å². The van der Waals surface area contributed by atoms with E-state index >= 15 is 0 Å². The highest BCUT2D eigenvalue weighted by atomic mass is 35.5. The van der Waals surface area contributed by atoms with Gasteiger partial charge in [0.1, 0.15) is 6.61 Å². The molecule has 2 aromatic heterocycles. The van der Waals surface area contributed by atoms with Gasteiger partial charge in [-0.3, -0.25) is 24.4 Å². The van der Waals surface area contributed by atoms with Crippen molar-refractivity contribution in [1.29, 1.82) is 0 Å². The molecular weight excluding hydrogens is 686 g/mol. The van der Waals surface area contributed by atoms with E-state index < -0.39 is 0 Å². The highest BCUT2D eigenvalue weighted by Gasteiger charge is 2.11. The second-order valence-corrected chi connectivity index (χ2v) is 11.9. The topological polar surface area (TPSA) is 89.8 Å². The first-order chi connectivity index (χ1) is 21.8. The van der Waals surface area contributed by atoms with Gasteiger partial charge in [0.05, 0.1) is 57.9 Å². The number of aromatic nitrogens is 4. The first kappa shape index (κ1) is 35.6. The molecule has 0 bridgehead atoms. The van der Waals surface area contributed by atoms with E-state index in [0.29, 0.717) is 32.6 Å². The van der Waals surface area contributed by atoms with Gasteiger partial charge < -0.3 is 14.2 Å². The van der Waals surface area contributed by atoms with Crippen LogP contribution < -0.4 is 10.3 Å². The molecular formula is C30H35Cl5N6O4. The van der Waals surface area contributed by atoms with Gasteiger partial charge in [-0.2, -0.15) is 0 Å². The zero-order valence-electron chi connectivity index (χ0n) is 24.5. The van der Waals surface area contributed by atoms with Gasteiger partial charge in [0.2, 0.25) is 5.88 Å². The number of H-pyrrole nitrogens is 1. The molecule has 45 heavy (non-hydrogen) atoms. The predicted molar refractivity (Wildman–Crippen MR) is 181 cm³/mol. The quantitative estimate of drug-likeness (QED) is 0.226. The molecule has 0 radical (unpaired) electrons. The van der Waals surface area contributed by atoms with Crippen LogP contribution in [0.15, 0.2) is 65.7 Å². The van der Waals surface area contributed by atoms with Crippen LogP contribution in [-0.2, 0) is 9.47 Å². The maximum atomic E-state index is 10.9. The number of hydrogen-bond acceptors (Lipinski definition) is 7. The van der Waals surface area contributed by atoms with Crippen LogP contribution in [0, 0.1) is 0 Å². The lowest BCUT2D eigenvalue weighted by Crippen LogP contribution is -2.38. The van der Waals surface area contributed by atoms with Crippen LogP contribution in [0.4, 0.5) is 0 Å². The fourth-order valence-electron chi connectivity index (χ4n) is 4.32. The predicted octanol–water partition coefficient (Wildman–Crippen LogP) is 5.92. The van der Waals surface area contributed by atoms with Crippen LogP contribution >= 0.6 is 58.0 Å². The molecule has 2 saturated heterocycles. The van der Waals surface area contributed by atoms with Crippen molar-refractivity contribution in [2.24, 2.45) is 0 Å². The lowest BCUT2D eigenvalue weighted by molar-refractivity contribution is 0.0320. The first-order valence-corrected chi connectivity index (χ1v) is 16.4. The number of alkyl halides is 1. The summed E-state index contributed by atoms with van der Waals surface area (Å²) in [6.45, 7) is 9.85. The minimum atomic E-state index is -0.156. The van der Waals surface area contributed by atoms with E-state index in [4.69, 9.17) is 72.2 Å². The smallest absolute Gasteiger partial charge is 0.264 e. The van der Waals surface area contributed by atoms with Crippen LogP contribution in [0.2, 0.25) is 20.1 Å². The van der Waals surface area contributed by atoms with E-state index in [1.807, 2.05) is 18.3 Å². The Morgan fingerprint density at radius 1 is 0.733 bits per heavy atom. The van der Waals surface area contributed by atoms with E-state index in [1.165, 1.54) is 6.07 Å². The molecule has 0 aliphatic carbocycles. The number of nitrogens with zero attached hydrogens (tertiary/aromatic N) is 5. The van der Waals surface area contributed by atoms with Gasteiger partial charge in [0.25, 0.3) is 5.56 Å². The molecule has 0 spiro atoms. The average Bonchev–Trinajstić information content (AvgIpc) is 3.71. The van der Waals surface area contributed by atoms with Gasteiger partial charge in [-0.05, 0) is 36.4 Å². The van der Waals surface area contributed by atoms with Crippen LogP contribution in [0.25, 0.3) is 11.4 Å². The second kappa shape index (κ2) is 18.8. The Bertz CT molecular complexity index is 1520. The van der Waals surface area contributed by atoms with Crippen LogP contribution in [0.3, 0.4) is 0 Å². The normalized spacial score (nSPS) is 15.5. The van der Waals surface area contributed by atoms with Crippen LogP contribution in [0.1, 0.15) is 0 Å². The van der Waals surface area contributed by atoms with Crippen molar-refractivity contribution in [3.05, 3.63) is 91.4 Å². The summed E-state index contributed by atoms with van der Waals surface area (Å²) in [7, 11) is 0. The van der Waals surface area contributed by atoms with E-state index in [1.54, 1.807) is 45.9 Å². The largest absolute Gasteiger partial charge is 0.475 e. The zero-order valence-corrected chi connectivity index (χ0v) is 28.3. The summed E-state index contributed by atoms with van der Waals surface area (Å²) < 4.78 is 19.5. The molecule has 0 unspecified atom stereocenters. The maximum Gasteiger partial charge on any atom is 0.264 e. The molecule has 244 valence electrons. The molecule has 2 aromatic carbocycles. The van der Waals surface area contributed by atoms with Crippen molar-refractivity contribution < 1.29 is 14.2 Å². The Labute approximate surface area is 287 Å². The van der Waals surface area contributed by atoms with Crippen molar-refractivity contribution in [3.63, 3.8) is 0 Å². The number of morpholine rings is 2. The maximum absolute atomic E-state index is 10.9. The van der Waals surface area contributed by atoms with Crippen molar-refractivity contribution in [3.8, 4) is 17.3 Å². The SMILES string of the molecule is ClCCN1CCOCC1.Clc1ccc(-n2ccc(OCCN3CCOCC3)n2)cc1Cl.O=c1ccn(-c2ccc(Cl)c(Cl)c2)[nH]1.